The van der Waals surface area contributed by atoms with Gasteiger partial charge in [0, 0.05) is 0 Å². The molecule has 0 aliphatic rings. The van der Waals surface area contributed by atoms with Gasteiger partial charge in [-0.15, -0.1) is 0 Å². The summed E-state index contributed by atoms with van der Waals surface area (Å²) in [5.74, 6) is 0.853. The molecule has 0 unspecified atom stereocenters. The molecule has 2 rings (SSSR count). The predicted molar refractivity (Wildman–Crippen MR) is 89.0 cm³/mol. The average molecular weight is 286 g/mol. The average Bonchev–Trinajstić information content (AvgIpc) is 2.44. The van der Waals surface area contributed by atoms with Gasteiger partial charge in [0.15, 0.2) is 0 Å². The minimum absolute atomic E-state index is 0.422. The zero-order chi connectivity index (χ0) is 15.8. The zero-order valence-electron chi connectivity index (χ0n) is 13.5. The minimum atomic E-state index is 0.422. The largest absolute Gasteiger partial charge is 0.508 e. The van der Waals surface area contributed by atoms with Crippen molar-refractivity contribution in [2.45, 2.75) is 47.0 Å². The molecule has 2 aromatic carbocycles. The molecule has 2 N–H and O–H groups in total. The fourth-order valence-corrected chi connectivity index (χ4v) is 2.26. The number of unbranched alkanes of at least 4 members (excludes halogenated alkanes) is 1. The maximum atomic E-state index is 9.34. The van der Waals surface area contributed by atoms with Gasteiger partial charge in [0.1, 0.15) is 11.5 Å². The van der Waals surface area contributed by atoms with E-state index in [9.17, 15) is 10.2 Å². The second-order valence-corrected chi connectivity index (χ2v) is 5.48. The number of aryl methyl sites for hydroxylation is 4. The lowest BCUT2D eigenvalue weighted by molar-refractivity contribution is 0.466. The lowest BCUT2D eigenvalue weighted by Gasteiger charge is -2.03. The SMILES string of the molecule is CCCCc1ccccc1O.Cc1cc(C)c(O)c(C)c1. The molecule has 0 amide bonds. The number of para-hydroxylation sites is 1. The maximum absolute atomic E-state index is 9.34. The first-order chi connectivity index (χ1) is 9.95. The summed E-state index contributed by atoms with van der Waals surface area (Å²) in [4.78, 5) is 0. The fourth-order valence-electron chi connectivity index (χ4n) is 2.26. The van der Waals surface area contributed by atoms with Crippen molar-refractivity contribution in [1.29, 1.82) is 0 Å². The van der Waals surface area contributed by atoms with E-state index in [1.54, 1.807) is 6.07 Å². The molecule has 0 fully saturated rings. The van der Waals surface area contributed by atoms with Gasteiger partial charge in [-0.05, 0) is 56.4 Å². The van der Waals surface area contributed by atoms with Crippen molar-refractivity contribution >= 4 is 0 Å². The van der Waals surface area contributed by atoms with E-state index in [1.165, 1.54) is 12.0 Å². The summed E-state index contributed by atoms with van der Waals surface area (Å²) in [6.07, 6.45) is 3.31. The quantitative estimate of drug-likeness (QED) is 0.828. The summed E-state index contributed by atoms with van der Waals surface area (Å²) in [5.41, 5.74) is 4.18. The Morgan fingerprint density at radius 2 is 1.48 bits per heavy atom. The van der Waals surface area contributed by atoms with E-state index < -0.39 is 0 Å². The summed E-state index contributed by atoms with van der Waals surface area (Å²) < 4.78 is 0. The fraction of sp³-hybridized carbons (Fsp3) is 0.368. The Bertz CT molecular complexity index is 551. The van der Waals surface area contributed by atoms with Crippen molar-refractivity contribution in [2.24, 2.45) is 0 Å². The van der Waals surface area contributed by atoms with Gasteiger partial charge in [0.2, 0.25) is 0 Å². The second-order valence-electron chi connectivity index (χ2n) is 5.48. The number of phenols is 2. The number of rotatable bonds is 3. The Labute approximate surface area is 128 Å². The van der Waals surface area contributed by atoms with Crippen LogP contribution in [0.5, 0.6) is 11.5 Å². The summed E-state index contributed by atoms with van der Waals surface area (Å²) >= 11 is 0. The maximum Gasteiger partial charge on any atom is 0.121 e. The molecule has 0 heterocycles. The minimum Gasteiger partial charge on any atom is -0.508 e. The lowest BCUT2D eigenvalue weighted by Crippen LogP contribution is -1.83. The first kappa shape index (κ1) is 17.1. The topological polar surface area (TPSA) is 40.5 Å². The number of aromatic hydroxyl groups is 2. The third-order valence-corrected chi connectivity index (χ3v) is 3.43. The molecule has 0 saturated carbocycles. The van der Waals surface area contributed by atoms with Gasteiger partial charge in [-0.25, -0.2) is 0 Å². The monoisotopic (exact) mass is 286 g/mol. The lowest BCUT2D eigenvalue weighted by atomic mass is 10.1. The van der Waals surface area contributed by atoms with Crippen LogP contribution in [0.25, 0.3) is 0 Å². The summed E-state index contributed by atoms with van der Waals surface area (Å²) in [6, 6.07) is 11.5. The van der Waals surface area contributed by atoms with E-state index in [-0.39, 0.29) is 0 Å². The van der Waals surface area contributed by atoms with Crippen LogP contribution in [0.2, 0.25) is 0 Å². The molecule has 0 aliphatic carbocycles. The standard InChI is InChI=1S/C10H14O.C9H12O/c1-2-3-6-9-7-4-5-8-10(9)11;1-6-4-7(2)9(10)8(3)5-6/h4-5,7-8,11H,2-3,6H2,1H3;4-5,10H,1-3H3. The van der Waals surface area contributed by atoms with Gasteiger partial charge in [-0.3, -0.25) is 0 Å². The number of benzene rings is 2. The summed E-state index contributed by atoms with van der Waals surface area (Å²) in [7, 11) is 0. The molecule has 0 radical (unpaired) electrons. The molecule has 2 heteroatoms. The normalized spacial score (nSPS) is 9.90. The smallest absolute Gasteiger partial charge is 0.121 e. The van der Waals surface area contributed by atoms with E-state index in [0.717, 1.165) is 29.5 Å². The third kappa shape index (κ3) is 5.50. The highest BCUT2D eigenvalue weighted by Gasteiger charge is 1.99. The van der Waals surface area contributed by atoms with Crippen LogP contribution in [-0.2, 0) is 6.42 Å². The summed E-state index contributed by atoms with van der Waals surface area (Å²) in [5, 5.41) is 18.7. The molecule has 0 saturated heterocycles. The second kappa shape index (κ2) is 8.35. The van der Waals surface area contributed by atoms with Crippen LogP contribution in [0.4, 0.5) is 0 Å². The molecule has 0 aliphatic heterocycles. The van der Waals surface area contributed by atoms with Gasteiger partial charge in [0.25, 0.3) is 0 Å². The Morgan fingerprint density at radius 3 is 2.00 bits per heavy atom. The van der Waals surface area contributed by atoms with Crippen LogP contribution < -0.4 is 0 Å². The van der Waals surface area contributed by atoms with Crippen molar-refractivity contribution in [3.8, 4) is 11.5 Å². The van der Waals surface area contributed by atoms with E-state index in [1.807, 2.05) is 51.1 Å². The van der Waals surface area contributed by atoms with Crippen LogP contribution in [0.15, 0.2) is 36.4 Å². The first-order valence-corrected chi connectivity index (χ1v) is 7.49. The summed E-state index contributed by atoms with van der Waals surface area (Å²) in [6.45, 7) is 8.00. The van der Waals surface area contributed by atoms with Crippen molar-refractivity contribution < 1.29 is 10.2 Å². The molecule has 2 nitrogen and oxygen atoms in total. The van der Waals surface area contributed by atoms with Crippen LogP contribution >= 0.6 is 0 Å². The first-order valence-electron chi connectivity index (χ1n) is 7.49. The van der Waals surface area contributed by atoms with E-state index in [0.29, 0.717) is 11.5 Å². The van der Waals surface area contributed by atoms with Gasteiger partial charge in [-0.1, -0.05) is 49.2 Å². The van der Waals surface area contributed by atoms with E-state index >= 15 is 0 Å². The Morgan fingerprint density at radius 1 is 0.905 bits per heavy atom. The Kier molecular flexibility index (Phi) is 6.80. The third-order valence-electron chi connectivity index (χ3n) is 3.43. The Balaban J connectivity index is 0.000000211. The van der Waals surface area contributed by atoms with Gasteiger partial charge >= 0.3 is 0 Å². The molecule has 2 aromatic rings. The van der Waals surface area contributed by atoms with Crippen molar-refractivity contribution in [3.05, 3.63) is 58.7 Å². The van der Waals surface area contributed by atoms with Crippen LogP contribution in [-0.4, -0.2) is 10.2 Å². The highest BCUT2D eigenvalue weighted by atomic mass is 16.3. The highest BCUT2D eigenvalue weighted by molar-refractivity contribution is 5.41. The van der Waals surface area contributed by atoms with E-state index in [2.05, 4.69) is 6.92 Å². The number of phenolic OH excluding ortho intramolecular Hbond substituents is 2. The van der Waals surface area contributed by atoms with Crippen molar-refractivity contribution in [2.75, 3.05) is 0 Å². The zero-order valence-corrected chi connectivity index (χ0v) is 13.5. The molecule has 0 atom stereocenters. The Hall–Kier alpha value is -1.96. The van der Waals surface area contributed by atoms with Crippen molar-refractivity contribution in [1.82, 2.24) is 0 Å². The number of hydrogen-bond donors (Lipinski definition) is 2. The van der Waals surface area contributed by atoms with E-state index in [4.69, 9.17) is 0 Å². The highest BCUT2D eigenvalue weighted by Crippen LogP contribution is 2.22. The van der Waals surface area contributed by atoms with Gasteiger partial charge < -0.3 is 10.2 Å². The predicted octanol–water partition coefficient (Wildman–Crippen LogP) is 5.05. The molecule has 0 aromatic heterocycles. The van der Waals surface area contributed by atoms with Crippen LogP contribution in [0.1, 0.15) is 42.0 Å². The molecule has 114 valence electrons. The van der Waals surface area contributed by atoms with Crippen LogP contribution in [0, 0.1) is 20.8 Å². The van der Waals surface area contributed by atoms with Gasteiger partial charge in [-0.2, -0.15) is 0 Å². The number of hydrogen-bond acceptors (Lipinski definition) is 2. The van der Waals surface area contributed by atoms with Crippen LogP contribution in [0.3, 0.4) is 0 Å². The molecular weight excluding hydrogens is 260 g/mol. The molecule has 21 heavy (non-hydrogen) atoms. The molecular formula is C19H26O2. The van der Waals surface area contributed by atoms with Crippen molar-refractivity contribution in [3.63, 3.8) is 0 Å². The molecule has 0 bridgehead atoms. The van der Waals surface area contributed by atoms with Gasteiger partial charge in [0.05, 0.1) is 0 Å². The molecule has 0 spiro atoms.